The smallest absolute Gasteiger partial charge is 0.359 e. The molecule has 1 N–H and O–H groups in total. The second kappa shape index (κ2) is 8.45. The van der Waals surface area contributed by atoms with Gasteiger partial charge >= 0.3 is 5.97 Å². The molecule has 3 aromatic rings. The van der Waals surface area contributed by atoms with Crippen LogP contribution in [0.1, 0.15) is 34.4 Å². The number of rotatable bonds is 5. The van der Waals surface area contributed by atoms with Crippen LogP contribution >= 0.6 is 11.6 Å². The summed E-state index contributed by atoms with van der Waals surface area (Å²) < 4.78 is 6.89. The van der Waals surface area contributed by atoms with Gasteiger partial charge in [0.2, 0.25) is 0 Å². The van der Waals surface area contributed by atoms with Gasteiger partial charge in [-0.25, -0.2) is 14.5 Å². The summed E-state index contributed by atoms with van der Waals surface area (Å²) >= 11 is 6.14. The lowest BCUT2D eigenvalue weighted by atomic mass is 10.2. The van der Waals surface area contributed by atoms with Gasteiger partial charge in [-0.3, -0.25) is 4.79 Å². The maximum Gasteiger partial charge on any atom is 0.359 e. The predicted molar refractivity (Wildman–Crippen MR) is 111 cm³/mol. The number of esters is 1. The average Bonchev–Trinajstić information content (AvgIpc) is 3.00. The molecular formula is C21H21ClN4O3. The second-order valence-electron chi connectivity index (χ2n) is 6.75. The standard InChI is InChI=1S/C21H21ClN4O3/c1-12-6-5-7-16(10-12)23-20(27)15(4)29-21(28)19-17(22)8-9-18(24-19)26-14(3)11-13(2)25-26/h5-11,15H,1-4H3,(H,23,27). The third-order valence-electron chi connectivity index (χ3n) is 4.19. The van der Waals surface area contributed by atoms with E-state index < -0.39 is 18.0 Å². The molecule has 1 atom stereocenters. The van der Waals surface area contributed by atoms with E-state index in [1.165, 1.54) is 6.92 Å². The Labute approximate surface area is 173 Å². The summed E-state index contributed by atoms with van der Waals surface area (Å²) in [6, 6.07) is 12.4. The van der Waals surface area contributed by atoms with Crippen molar-refractivity contribution in [2.75, 3.05) is 5.32 Å². The van der Waals surface area contributed by atoms with Crippen molar-refractivity contribution in [3.63, 3.8) is 0 Å². The number of aryl methyl sites for hydroxylation is 3. The van der Waals surface area contributed by atoms with E-state index in [4.69, 9.17) is 16.3 Å². The largest absolute Gasteiger partial charge is 0.448 e. The molecule has 0 bridgehead atoms. The summed E-state index contributed by atoms with van der Waals surface area (Å²) in [4.78, 5) is 29.2. The fourth-order valence-electron chi connectivity index (χ4n) is 2.79. The van der Waals surface area contributed by atoms with E-state index in [2.05, 4.69) is 15.4 Å². The number of hydrogen-bond donors (Lipinski definition) is 1. The van der Waals surface area contributed by atoms with Crippen molar-refractivity contribution in [2.24, 2.45) is 0 Å². The van der Waals surface area contributed by atoms with Crippen LogP contribution in [0.5, 0.6) is 0 Å². The number of aromatic nitrogens is 3. The molecule has 0 saturated carbocycles. The molecule has 0 radical (unpaired) electrons. The molecule has 3 rings (SSSR count). The van der Waals surface area contributed by atoms with Crippen LogP contribution < -0.4 is 5.32 Å². The highest BCUT2D eigenvalue weighted by Crippen LogP contribution is 2.19. The number of halogens is 1. The lowest BCUT2D eigenvalue weighted by Gasteiger charge is -2.14. The molecule has 8 heteroatoms. The van der Waals surface area contributed by atoms with Gasteiger partial charge in [0.1, 0.15) is 0 Å². The van der Waals surface area contributed by atoms with Crippen molar-refractivity contribution in [2.45, 2.75) is 33.8 Å². The number of hydrogen-bond acceptors (Lipinski definition) is 5. The number of benzene rings is 1. The van der Waals surface area contributed by atoms with Crippen molar-refractivity contribution in [3.8, 4) is 5.82 Å². The van der Waals surface area contributed by atoms with Gasteiger partial charge in [0.25, 0.3) is 5.91 Å². The minimum Gasteiger partial charge on any atom is -0.448 e. The molecule has 2 heterocycles. The Morgan fingerprint density at radius 3 is 2.55 bits per heavy atom. The van der Waals surface area contributed by atoms with Crippen molar-refractivity contribution in [1.82, 2.24) is 14.8 Å². The highest BCUT2D eigenvalue weighted by atomic mass is 35.5. The second-order valence-corrected chi connectivity index (χ2v) is 7.15. The van der Waals surface area contributed by atoms with Gasteiger partial charge in [-0.15, -0.1) is 0 Å². The van der Waals surface area contributed by atoms with Gasteiger partial charge in [-0.1, -0.05) is 23.7 Å². The van der Waals surface area contributed by atoms with Crippen LogP contribution in [-0.2, 0) is 9.53 Å². The maximum absolute atomic E-state index is 12.6. The molecule has 7 nitrogen and oxygen atoms in total. The zero-order valence-corrected chi connectivity index (χ0v) is 17.3. The van der Waals surface area contributed by atoms with Gasteiger partial charge < -0.3 is 10.1 Å². The van der Waals surface area contributed by atoms with E-state index in [0.717, 1.165) is 17.0 Å². The summed E-state index contributed by atoms with van der Waals surface area (Å²) in [6.07, 6.45) is -1.03. The first kappa shape index (κ1) is 20.5. The number of nitrogens with zero attached hydrogens (tertiary/aromatic N) is 3. The van der Waals surface area contributed by atoms with Gasteiger partial charge in [0.15, 0.2) is 17.6 Å². The molecule has 0 spiro atoms. The Morgan fingerprint density at radius 2 is 1.90 bits per heavy atom. The van der Waals surface area contributed by atoms with E-state index >= 15 is 0 Å². The summed E-state index contributed by atoms with van der Waals surface area (Å²) in [6.45, 7) is 7.15. The third kappa shape index (κ3) is 4.81. The van der Waals surface area contributed by atoms with Crippen LogP contribution in [0.25, 0.3) is 5.82 Å². The van der Waals surface area contributed by atoms with Crippen molar-refractivity contribution in [1.29, 1.82) is 0 Å². The van der Waals surface area contributed by atoms with Crippen LogP contribution in [0.4, 0.5) is 5.69 Å². The van der Waals surface area contributed by atoms with Crippen molar-refractivity contribution >= 4 is 29.2 Å². The first-order valence-electron chi connectivity index (χ1n) is 9.03. The van der Waals surface area contributed by atoms with Gasteiger partial charge in [-0.2, -0.15) is 5.10 Å². The van der Waals surface area contributed by atoms with Crippen LogP contribution in [0.3, 0.4) is 0 Å². The molecule has 29 heavy (non-hydrogen) atoms. The van der Waals surface area contributed by atoms with Crippen LogP contribution in [0, 0.1) is 20.8 Å². The minimum atomic E-state index is -1.03. The molecule has 0 saturated heterocycles. The number of carbonyl (C=O) groups excluding carboxylic acids is 2. The fourth-order valence-corrected chi connectivity index (χ4v) is 2.97. The van der Waals surface area contributed by atoms with Crippen molar-refractivity contribution < 1.29 is 14.3 Å². The first-order valence-corrected chi connectivity index (χ1v) is 9.41. The van der Waals surface area contributed by atoms with Gasteiger partial charge in [0.05, 0.1) is 10.7 Å². The van der Waals surface area contributed by atoms with E-state index in [9.17, 15) is 9.59 Å². The zero-order valence-electron chi connectivity index (χ0n) is 16.6. The molecule has 2 aromatic heterocycles. The van der Waals surface area contributed by atoms with E-state index in [1.54, 1.807) is 22.9 Å². The molecule has 0 fully saturated rings. The molecule has 0 aliphatic carbocycles. The summed E-state index contributed by atoms with van der Waals surface area (Å²) in [5.41, 5.74) is 3.24. The summed E-state index contributed by atoms with van der Waals surface area (Å²) in [5.74, 6) is -0.802. The number of pyridine rings is 1. The topological polar surface area (TPSA) is 86.1 Å². The highest BCUT2D eigenvalue weighted by Gasteiger charge is 2.23. The van der Waals surface area contributed by atoms with E-state index in [1.807, 2.05) is 45.0 Å². The Bertz CT molecular complexity index is 1080. The number of amides is 1. The van der Waals surface area contributed by atoms with Crippen molar-refractivity contribution in [3.05, 3.63) is 70.1 Å². The van der Waals surface area contributed by atoms with Crippen LogP contribution in [0.15, 0.2) is 42.5 Å². The van der Waals surface area contributed by atoms with E-state index in [-0.39, 0.29) is 10.7 Å². The number of nitrogens with one attached hydrogen (secondary N) is 1. The maximum atomic E-state index is 12.6. The molecular weight excluding hydrogens is 392 g/mol. The predicted octanol–water partition coefficient (Wildman–Crippen LogP) is 4.03. The normalized spacial score (nSPS) is 11.8. The zero-order chi connectivity index (χ0) is 21.1. The lowest BCUT2D eigenvalue weighted by Crippen LogP contribution is -2.30. The highest BCUT2D eigenvalue weighted by molar-refractivity contribution is 6.33. The first-order chi connectivity index (χ1) is 13.7. The fraction of sp³-hybridized carbons (Fsp3) is 0.238. The molecule has 1 amide bonds. The van der Waals surface area contributed by atoms with E-state index in [0.29, 0.717) is 11.5 Å². The summed E-state index contributed by atoms with van der Waals surface area (Å²) in [5, 5.41) is 7.20. The number of anilines is 1. The Kier molecular flexibility index (Phi) is 5.98. The SMILES string of the molecule is Cc1cccc(NC(=O)C(C)OC(=O)c2nc(-n3nc(C)cc3C)ccc2Cl)c1. The average molecular weight is 413 g/mol. The molecule has 0 aliphatic heterocycles. The molecule has 1 unspecified atom stereocenters. The Hall–Kier alpha value is -3.19. The molecule has 150 valence electrons. The van der Waals surface area contributed by atoms with Gasteiger partial charge in [-0.05, 0) is 63.6 Å². The minimum absolute atomic E-state index is 0.0769. The monoisotopic (exact) mass is 412 g/mol. The van der Waals surface area contributed by atoms with Crippen LogP contribution in [0.2, 0.25) is 5.02 Å². The molecule has 0 aliphatic rings. The quantitative estimate of drug-likeness (QED) is 0.639. The molecule has 1 aromatic carbocycles. The van der Waals surface area contributed by atoms with Gasteiger partial charge in [0, 0.05) is 11.4 Å². The number of ether oxygens (including phenoxy) is 1. The number of carbonyl (C=O) groups is 2. The Morgan fingerprint density at radius 1 is 1.14 bits per heavy atom. The van der Waals surface area contributed by atoms with Crippen LogP contribution in [-0.4, -0.2) is 32.7 Å². The third-order valence-corrected chi connectivity index (χ3v) is 4.49. The Balaban J connectivity index is 1.75. The summed E-state index contributed by atoms with van der Waals surface area (Å²) in [7, 11) is 0. The lowest BCUT2D eigenvalue weighted by molar-refractivity contribution is -0.123.